The number of carbonyl (C=O) groups is 2. The van der Waals surface area contributed by atoms with Crippen LogP contribution in [0.4, 0.5) is 4.79 Å². The van der Waals surface area contributed by atoms with Crippen molar-refractivity contribution in [3.8, 4) is 5.75 Å². The summed E-state index contributed by atoms with van der Waals surface area (Å²) in [6.07, 6.45) is 5.62. The molecule has 0 saturated heterocycles. The normalized spacial score (nSPS) is 15.2. The molecule has 0 atom stereocenters. The van der Waals surface area contributed by atoms with Gasteiger partial charge in [-0.1, -0.05) is 33.1 Å². The summed E-state index contributed by atoms with van der Waals surface area (Å²) in [5, 5.41) is 5.63. The molecule has 1 saturated carbocycles. The minimum atomic E-state index is -0.257. The number of benzene rings is 1. The van der Waals surface area contributed by atoms with E-state index < -0.39 is 0 Å². The van der Waals surface area contributed by atoms with E-state index in [1.54, 1.807) is 13.2 Å². The first-order chi connectivity index (χ1) is 11.5. The molecule has 0 heterocycles. The Bertz CT molecular complexity index is 578. The van der Waals surface area contributed by atoms with Gasteiger partial charge in [-0.25, -0.2) is 4.79 Å². The molecule has 5 heteroatoms. The fraction of sp³-hybridized carbons (Fsp3) is 0.579. The van der Waals surface area contributed by atoms with E-state index in [4.69, 9.17) is 4.74 Å². The lowest BCUT2D eigenvalue weighted by molar-refractivity contribution is 0.0991. The van der Waals surface area contributed by atoms with Gasteiger partial charge in [0.2, 0.25) is 0 Å². The molecule has 1 aromatic carbocycles. The zero-order valence-corrected chi connectivity index (χ0v) is 14.9. The third kappa shape index (κ3) is 4.98. The molecule has 2 rings (SSSR count). The Balaban J connectivity index is 1.89. The number of Topliss-reactive ketones (excluding diaryl/α,β-unsaturated/α-hetero) is 1. The van der Waals surface area contributed by atoms with Crippen LogP contribution < -0.4 is 15.4 Å². The summed E-state index contributed by atoms with van der Waals surface area (Å²) in [5.41, 5.74) is 1.59. The Morgan fingerprint density at radius 1 is 1.21 bits per heavy atom. The van der Waals surface area contributed by atoms with E-state index in [1.165, 1.54) is 6.42 Å². The van der Waals surface area contributed by atoms with Gasteiger partial charge in [0, 0.05) is 11.6 Å². The predicted octanol–water partition coefficient (Wildman–Crippen LogP) is 3.63. The van der Waals surface area contributed by atoms with E-state index >= 15 is 0 Å². The maximum Gasteiger partial charge on any atom is 0.315 e. The Labute approximate surface area is 144 Å². The standard InChI is InChI=1S/C19H28N2O3/c1-13(2)16-11-14(9-10-18(16)24-3)17(22)12-20-19(23)21-15-7-5-4-6-8-15/h9-11,13,15H,4-8,12H2,1-3H3,(H2,20,21,23). The first-order valence-electron chi connectivity index (χ1n) is 8.76. The molecule has 0 bridgehead atoms. The zero-order valence-electron chi connectivity index (χ0n) is 14.9. The van der Waals surface area contributed by atoms with Crippen LogP contribution >= 0.6 is 0 Å². The largest absolute Gasteiger partial charge is 0.496 e. The molecule has 2 amide bonds. The number of ether oxygens (including phenoxy) is 1. The summed E-state index contributed by atoms with van der Waals surface area (Å²) in [5.74, 6) is 0.943. The van der Waals surface area contributed by atoms with Crippen molar-refractivity contribution in [3.63, 3.8) is 0 Å². The molecule has 5 nitrogen and oxygen atoms in total. The van der Waals surface area contributed by atoms with Gasteiger partial charge in [-0.15, -0.1) is 0 Å². The van der Waals surface area contributed by atoms with Crippen LogP contribution in [0.25, 0.3) is 0 Å². The Morgan fingerprint density at radius 2 is 1.92 bits per heavy atom. The Morgan fingerprint density at radius 3 is 2.54 bits per heavy atom. The van der Waals surface area contributed by atoms with Crippen molar-refractivity contribution >= 4 is 11.8 Å². The smallest absolute Gasteiger partial charge is 0.315 e. The van der Waals surface area contributed by atoms with Crippen LogP contribution in [0, 0.1) is 0 Å². The molecule has 0 aliphatic heterocycles. The maximum atomic E-state index is 12.3. The number of methoxy groups -OCH3 is 1. The first kappa shape index (κ1) is 18.3. The lowest BCUT2D eigenvalue weighted by Crippen LogP contribution is -2.44. The quantitative estimate of drug-likeness (QED) is 0.782. The van der Waals surface area contributed by atoms with Crippen LogP contribution in [0.15, 0.2) is 18.2 Å². The molecule has 0 aromatic heterocycles. The summed E-state index contributed by atoms with van der Waals surface area (Å²) in [6.45, 7) is 4.12. The fourth-order valence-electron chi connectivity index (χ4n) is 3.10. The van der Waals surface area contributed by atoms with Crippen LogP contribution in [-0.2, 0) is 0 Å². The number of rotatable bonds is 6. The van der Waals surface area contributed by atoms with Crippen molar-refractivity contribution < 1.29 is 14.3 Å². The van der Waals surface area contributed by atoms with Crippen LogP contribution in [-0.4, -0.2) is 31.5 Å². The number of ketones is 1. The van der Waals surface area contributed by atoms with E-state index in [1.807, 2.05) is 12.1 Å². The summed E-state index contributed by atoms with van der Waals surface area (Å²) >= 11 is 0. The molecular weight excluding hydrogens is 304 g/mol. The van der Waals surface area contributed by atoms with Gasteiger partial charge in [0.25, 0.3) is 0 Å². The molecule has 1 fully saturated rings. The second-order valence-electron chi connectivity index (χ2n) is 6.70. The second-order valence-corrected chi connectivity index (χ2v) is 6.70. The van der Waals surface area contributed by atoms with Crippen LogP contribution in [0.2, 0.25) is 0 Å². The number of amides is 2. The number of urea groups is 1. The molecule has 0 unspecified atom stereocenters. The number of hydrogen-bond acceptors (Lipinski definition) is 3. The van der Waals surface area contributed by atoms with Gasteiger partial charge in [-0.2, -0.15) is 0 Å². The highest BCUT2D eigenvalue weighted by molar-refractivity contribution is 5.99. The topological polar surface area (TPSA) is 67.4 Å². The number of hydrogen-bond donors (Lipinski definition) is 2. The molecule has 1 aromatic rings. The highest BCUT2D eigenvalue weighted by Crippen LogP contribution is 2.27. The van der Waals surface area contributed by atoms with Gasteiger partial charge in [-0.05, 0) is 42.5 Å². The highest BCUT2D eigenvalue weighted by Gasteiger charge is 2.17. The molecule has 2 N–H and O–H groups in total. The van der Waals surface area contributed by atoms with Gasteiger partial charge in [-0.3, -0.25) is 4.79 Å². The molecule has 132 valence electrons. The molecular formula is C19H28N2O3. The number of nitrogens with one attached hydrogen (secondary N) is 2. The third-order valence-electron chi connectivity index (χ3n) is 4.52. The van der Waals surface area contributed by atoms with Crippen LogP contribution in [0.1, 0.15) is 67.8 Å². The Hall–Kier alpha value is -2.04. The lowest BCUT2D eigenvalue weighted by atomic mass is 9.96. The van der Waals surface area contributed by atoms with Crippen molar-refractivity contribution in [1.29, 1.82) is 0 Å². The Kier molecular flexibility index (Phi) is 6.64. The van der Waals surface area contributed by atoms with E-state index in [9.17, 15) is 9.59 Å². The highest BCUT2D eigenvalue weighted by atomic mass is 16.5. The van der Waals surface area contributed by atoms with E-state index in [2.05, 4.69) is 24.5 Å². The molecule has 1 aliphatic carbocycles. The van der Waals surface area contributed by atoms with Crippen LogP contribution in [0.5, 0.6) is 5.75 Å². The average molecular weight is 332 g/mol. The summed E-state index contributed by atoms with van der Waals surface area (Å²) in [4.78, 5) is 24.3. The van der Waals surface area contributed by atoms with Gasteiger partial charge in [0.1, 0.15) is 5.75 Å². The van der Waals surface area contributed by atoms with E-state index in [0.717, 1.165) is 37.0 Å². The summed E-state index contributed by atoms with van der Waals surface area (Å²) < 4.78 is 5.33. The minimum Gasteiger partial charge on any atom is -0.496 e. The maximum absolute atomic E-state index is 12.3. The zero-order chi connectivity index (χ0) is 17.5. The summed E-state index contributed by atoms with van der Waals surface area (Å²) in [7, 11) is 1.62. The molecule has 1 aliphatic rings. The van der Waals surface area contributed by atoms with Gasteiger partial charge >= 0.3 is 6.03 Å². The predicted molar refractivity (Wildman–Crippen MR) is 94.8 cm³/mol. The van der Waals surface area contributed by atoms with Crippen molar-refractivity contribution in [2.24, 2.45) is 0 Å². The van der Waals surface area contributed by atoms with Crippen molar-refractivity contribution in [1.82, 2.24) is 10.6 Å². The van der Waals surface area contributed by atoms with Gasteiger partial charge < -0.3 is 15.4 Å². The average Bonchev–Trinajstić information content (AvgIpc) is 2.59. The molecule has 0 radical (unpaired) electrons. The fourth-order valence-corrected chi connectivity index (χ4v) is 3.10. The van der Waals surface area contributed by atoms with E-state index in [0.29, 0.717) is 5.56 Å². The minimum absolute atomic E-state index is 0.00240. The summed E-state index contributed by atoms with van der Waals surface area (Å²) in [6, 6.07) is 5.39. The monoisotopic (exact) mass is 332 g/mol. The van der Waals surface area contributed by atoms with Gasteiger partial charge in [0.05, 0.1) is 13.7 Å². The molecule has 24 heavy (non-hydrogen) atoms. The SMILES string of the molecule is COc1ccc(C(=O)CNC(=O)NC2CCCCC2)cc1C(C)C. The van der Waals surface area contributed by atoms with E-state index in [-0.39, 0.29) is 30.3 Å². The van der Waals surface area contributed by atoms with Gasteiger partial charge in [0.15, 0.2) is 5.78 Å². The third-order valence-corrected chi connectivity index (χ3v) is 4.52. The second kappa shape index (κ2) is 8.71. The van der Waals surface area contributed by atoms with Crippen molar-refractivity contribution in [2.45, 2.75) is 57.9 Å². The van der Waals surface area contributed by atoms with Crippen molar-refractivity contribution in [3.05, 3.63) is 29.3 Å². The first-order valence-corrected chi connectivity index (χ1v) is 8.76. The molecule has 0 spiro atoms. The van der Waals surface area contributed by atoms with Crippen LogP contribution in [0.3, 0.4) is 0 Å². The lowest BCUT2D eigenvalue weighted by Gasteiger charge is -2.22. The number of carbonyl (C=O) groups excluding carboxylic acids is 2. The van der Waals surface area contributed by atoms with Crippen molar-refractivity contribution in [2.75, 3.05) is 13.7 Å².